The third-order valence-electron chi connectivity index (χ3n) is 6.22. The van der Waals surface area contributed by atoms with Crippen molar-refractivity contribution in [1.82, 2.24) is 24.9 Å². The highest BCUT2D eigenvalue weighted by Gasteiger charge is 2.43. The number of para-hydroxylation sites is 1. The molecular weight excluding hydrogens is 384 g/mol. The maximum atomic E-state index is 12.9. The first kappa shape index (κ1) is 16.9. The highest BCUT2D eigenvalue weighted by molar-refractivity contribution is 7.22. The van der Waals surface area contributed by atoms with Crippen LogP contribution in [0.5, 0.6) is 0 Å². The maximum Gasteiger partial charge on any atom is 0.253 e. The average molecular weight is 404 g/mol. The summed E-state index contributed by atoms with van der Waals surface area (Å²) in [6.07, 6.45) is 5.54. The molecule has 146 valence electrons. The molecule has 1 aliphatic heterocycles. The number of benzene rings is 1. The van der Waals surface area contributed by atoms with E-state index in [0.717, 1.165) is 42.2 Å². The number of carbonyl (C=O) groups is 1. The van der Waals surface area contributed by atoms with E-state index >= 15 is 0 Å². The second kappa shape index (κ2) is 6.52. The lowest BCUT2D eigenvalue weighted by Crippen LogP contribution is -2.52. The molecule has 1 aromatic carbocycles. The van der Waals surface area contributed by atoms with Gasteiger partial charge in [0.25, 0.3) is 5.91 Å². The van der Waals surface area contributed by atoms with Crippen LogP contribution in [0.1, 0.15) is 23.2 Å². The van der Waals surface area contributed by atoms with Gasteiger partial charge in [-0.15, -0.1) is 0 Å². The van der Waals surface area contributed by atoms with E-state index in [2.05, 4.69) is 38.5 Å². The molecule has 8 heteroatoms. The molecule has 1 saturated heterocycles. The molecule has 6 rings (SSSR count). The first-order valence-corrected chi connectivity index (χ1v) is 10.8. The number of hydrogen-bond donors (Lipinski definition) is 1. The predicted octanol–water partition coefficient (Wildman–Crippen LogP) is 2.98. The number of aromatic nitrogens is 4. The van der Waals surface area contributed by atoms with Crippen molar-refractivity contribution in [3.05, 3.63) is 54.5 Å². The summed E-state index contributed by atoms with van der Waals surface area (Å²) in [5, 5.41) is 8.54. The molecule has 2 fully saturated rings. The SMILES string of the molecule is O=C(NC1[C@@H]2CC[C@H]1CN(c1nc3ccccc3s1)C2)c1ccc2ncnn2c1. The number of nitrogens with zero attached hydrogens (tertiary/aromatic N) is 5. The molecule has 3 aromatic heterocycles. The highest BCUT2D eigenvalue weighted by Crippen LogP contribution is 2.40. The molecule has 1 amide bonds. The summed E-state index contributed by atoms with van der Waals surface area (Å²) in [6, 6.07) is 12.2. The van der Waals surface area contributed by atoms with Gasteiger partial charge in [-0.1, -0.05) is 23.5 Å². The molecule has 2 bridgehead atoms. The first-order valence-electron chi connectivity index (χ1n) is 9.95. The predicted molar refractivity (Wildman–Crippen MR) is 112 cm³/mol. The van der Waals surface area contributed by atoms with E-state index in [1.54, 1.807) is 22.0 Å². The second-order valence-electron chi connectivity index (χ2n) is 7.95. The summed E-state index contributed by atoms with van der Waals surface area (Å²) in [6.45, 7) is 1.90. The lowest BCUT2D eigenvalue weighted by atomic mass is 9.92. The standard InChI is InChI=1S/C21H20N6OS/c28-20(15-7-8-18-22-12-23-27(18)11-15)25-19-13-5-6-14(19)10-26(9-13)21-24-16-3-1-2-4-17(16)29-21/h1-4,7-8,11-14,19H,5-6,9-10H2,(H,25,28)/t13-,14+,19?. The van der Waals surface area contributed by atoms with Gasteiger partial charge in [0.05, 0.1) is 15.8 Å². The quantitative estimate of drug-likeness (QED) is 0.568. The third-order valence-corrected chi connectivity index (χ3v) is 7.32. The molecule has 29 heavy (non-hydrogen) atoms. The Bertz CT molecular complexity index is 1170. The number of amides is 1. The van der Waals surface area contributed by atoms with E-state index in [9.17, 15) is 4.79 Å². The summed E-state index contributed by atoms with van der Waals surface area (Å²) in [4.78, 5) is 24.2. The highest BCUT2D eigenvalue weighted by atomic mass is 32.1. The largest absolute Gasteiger partial charge is 0.349 e. The van der Waals surface area contributed by atoms with Crippen LogP contribution < -0.4 is 10.2 Å². The Morgan fingerprint density at radius 2 is 1.93 bits per heavy atom. The van der Waals surface area contributed by atoms with Gasteiger partial charge in [0.2, 0.25) is 0 Å². The minimum Gasteiger partial charge on any atom is -0.349 e. The lowest BCUT2D eigenvalue weighted by Gasteiger charge is -2.38. The van der Waals surface area contributed by atoms with Crippen LogP contribution >= 0.6 is 11.3 Å². The smallest absolute Gasteiger partial charge is 0.253 e. The maximum absolute atomic E-state index is 12.9. The first-order chi connectivity index (χ1) is 14.2. The van der Waals surface area contributed by atoms with Crippen LogP contribution in [0.4, 0.5) is 5.13 Å². The molecular formula is C21H20N6OS. The fraction of sp³-hybridized carbons (Fsp3) is 0.333. The Morgan fingerprint density at radius 1 is 1.10 bits per heavy atom. The van der Waals surface area contributed by atoms with Crippen LogP contribution in [-0.4, -0.2) is 44.6 Å². The fourth-order valence-corrected chi connectivity index (χ4v) is 5.78. The van der Waals surface area contributed by atoms with Gasteiger partial charge in [-0.25, -0.2) is 14.5 Å². The second-order valence-corrected chi connectivity index (χ2v) is 8.96. The summed E-state index contributed by atoms with van der Waals surface area (Å²) in [5.41, 5.74) is 2.43. The van der Waals surface area contributed by atoms with Crippen LogP contribution in [0.25, 0.3) is 15.9 Å². The number of anilines is 1. The zero-order chi connectivity index (χ0) is 19.4. The number of thiazole rings is 1. The van der Waals surface area contributed by atoms with Crippen LogP contribution in [-0.2, 0) is 0 Å². The Kier molecular flexibility index (Phi) is 3.80. The van der Waals surface area contributed by atoms with Crippen molar-refractivity contribution in [2.24, 2.45) is 11.8 Å². The van der Waals surface area contributed by atoms with Gasteiger partial charge in [0.1, 0.15) is 6.33 Å². The normalized spacial score (nSPS) is 23.7. The number of piperidine rings is 1. The number of nitrogens with one attached hydrogen (secondary N) is 1. The monoisotopic (exact) mass is 404 g/mol. The van der Waals surface area contributed by atoms with E-state index in [-0.39, 0.29) is 11.9 Å². The van der Waals surface area contributed by atoms with Crippen LogP contribution in [0.2, 0.25) is 0 Å². The lowest BCUT2D eigenvalue weighted by molar-refractivity contribution is 0.0910. The van der Waals surface area contributed by atoms with Crippen LogP contribution in [0.15, 0.2) is 48.9 Å². The molecule has 0 radical (unpaired) electrons. The Hall–Kier alpha value is -3.00. The molecule has 1 aliphatic carbocycles. The summed E-state index contributed by atoms with van der Waals surface area (Å²) in [7, 11) is 0. The van der Waals surface area contributed by atoms with E-state index in [4.69, 9.17) is 4.98 Å². The molecule has 0 spiro atoms. The summed E-state index contributed by atoms with van der Waals surface area (Å²) in [5.74, 6) is 0.886. The van der Waals surface area contributed by atoms with Gasteiger partial charge in [0.15, 0.2) is 10.8 Å². The molecule has 3 atom stereocenters. The average Bonchev–Trinajstić information content (AvgIpc) is 3.43. The van der Waals surface area contributed by atoms with Crippen molar-refractivity contribution in [3.63, 3.8) is 0 Å². The number of rotatable bonds is 3. The summed E-state index contributed by atoms with van der Waals surface area (Å²) >= 11 is 1.76. The Morgan fingerprint density at radius 3 is 2.76 bits per heavy atom. The van der Waals surface area contributed by atoms with Gasteiger partial charge in [0, 0.05) is 25.3 Å². The number of pyridine rings is 1. The van der Waals surface area contributed by atoms with Crippen molar-refractivity contribution < 1.29 is 4.79 Å². The van der Waals surface area contributed by atoms with Crippen molar-refractivity contribution in [2.75, 3.05) is 18.0 Å². The molecule has 4 aromatic rings. The Labute approximate surface area is 171 Å². The van der Waals surface area contributed by atoms with E-state index < -0.39 is 0 Å². The molecule has 4 heterocycles. The third kappa shape index (κ3) is 2.86. The van der Waals surface area contributed by atoms with Crippen molar-refractivity contribution in [2.45, 2.75) is 18.9 Å². The van der Waals surface area contributed by atoms with Crippen molar-refractivity contribution in [3.8, 4) is 0 Å². The molecule has 1 N–H and O–H groups in total. The van der Waals surface area contributed by atoms with Gasteiger partial charge in [-0.3, -0.25) is 4.79 Å². The number of carbonyl (C=O) groups excluding carboxylic acids is 1. The minimum atomic E-state index is -0.0299. The fourth-order valence-electron chi connectivity index (χ4n) is 4.80. The summed E-state index contributed by atoms with van der Waals surface area (Å²) < 4.78 is 2.87. The Balaban J connectivity index is 1.20. The van der Waals surface area contributed by atoms with E-state index in [0.29, 0.717) is 17.4 Å². The van der Waals surface area contributed by atoms with E-state index in [1.165, 1.54) is 11.0 Å². The zero-order valence-corrected chi connectivity index (χ0v) is 16.5. The number of hydrogen-bond acceptors (Lipinski definition) is 6. The molecule has 1 saturated carbocycles. The van der Waals surface area contributed by atoms with Crippen molar-refractivity contribution in [1.29, 1.82) is 0 Å². The zero-order valence-electron chi connectivity index (χ0n) is 15.7. The van der Waals surface area contributed by atoms with Gasteiger partial charge in [-0.05, 0) is 48.9 Å². The molecule has 7 nitrogen and oxygen atoms in total. The van der Waals surface area contributed by atoms with Gasteiger partial charge < -0.3 is 10.2 Å². The topological polar surface area (TPSA) is 75.4 Å². The van der Waals surface area contributed by atoms with Crippen molar-refractivity contribution >= 4 is 38.2 Å². The molecule has 1 unspecified atom stereocenters. The van der Waals surface area contributed by atoms with Gasteiger partial charge >= 0.3 is 0 Å². The van der Waals surface area contributed by atoms with E-state index in [1.807, 2.05) is 18.2 Å². The number of fused-ring (bicyclic) bond motifs is 4. The minimum absolute atomic E-state index is 0.0299. The van der Waals surface area contributed by atoms with Crippen LogP contribution in [0.3, 0.4) is 0 Å². The molecule has 2 aliphatic rings. The van der Waals surface area contributed by atoms with Gasteiger partial charge in [-0.2, -0.15) is 5.10 Å². The van der Waals surface area contributed by atoms with Crippen LogP contribution in [0, 0.1) is 11.8 Å².